The molecule has 0 aromatic heterocycles. The Kier molecular flexibility index (Phi) is 37.2. The van der Waals surface area contributed by atoms with E-state index in [1.807, 2.05) is 10.6 Å². The summed E-state index contributed by atoms with van der Waals surface area (Å²) in [5.74, 6) is -18.2. The molecular weight excluding hydrogens is 1150 g/mol. The van der Waals surface area contributed by atoms with E-state index in [4.69, 9.17) is 33.5 Å². The third-order valence-electron chi connectivity index (χ3n) is 13.3. The van der Waals surface area contributed by atoms with E-state index in [0.717, 1.165) is 71.3 Å². The van der Waals surface area contributed by atoms with Gasteiger partial charge in [0.2, 0.25) is 47.3 Å². The predicted octanol–water partition coefficient (Wildman–Crippen LogP) is -5.80. The van der Waals surface area contributed by atoms with E-state index < -0.39 is 194 Å². The fourth-order valence-corrected chi connectivity index (χ4v) is 8.58. The minimum Gasteiger partial charge on any atom is -0.481 e. The van der Waals surface area contributed by atoms with Crippen LogP contribution in [-0.2, 0) is 62.3 Å². The molecule has 85 heavy (non-hydrogen) atoms. The molecule has 0 aliphatic carbocycles. The van der Waals surface area contributed by atoms with Crippen molar-refractivity contribution in [3.63, 3.8) is 0 Å². The molecule has 1 saturated heterocycles. The highest BCUT2D eigenvalue weighted by atomic mass is 35.5. The molecule has 1 fully saturated rings. The maximum absolute atomic E-state index is 14.2. The summed E-state index contributed by atoms with van der Waals surface area (Å²) < 4.78 is 5.25. The average molecular weight is 1240 g/mol. The third-order valence-corrected chi connectivity index (χ3v) is 13.7. The van der Waals surface area contributed by atoms with Crippen LogP contribution in [0.2, 0.25) is 0 Å². The normalized spacial score (nSPS) is 24.6. The van der Waals surface area contributed by atoms with Gasteiger partial charge in [-0.1, -0.05) is 70.8 Å². The first-order valence-corrected chi connectivity index (χ1v) is 28.8. The van der Waals surface area contributed by atoms with E-state index in [-0.39, 0.29) is 45.2 Å². The molecule has 22 N–H and O–H groups in total. The number of nitrogens with one attached hydrogen (secondary N) is 9. The number of nitrogens with two attached hydrogens (primary N) is 3. The van der Waals surface area contributed by atoms with Gasteiger partial charge in [0.1, 0.15) is 54.6 Å². The summed E-state index contributed by atoms with van der Waals surface area (Å²) in [6.45, 7) is 2.48. The van der Waals surface area contributed by atoms with Crippen molar-refractivity contribution in [2.24, 2.45) is 17.2 Å². The van der Waals surface area contributed by atoms with Crippen LogP contribution >= 0.6 is 11.6 Å². The summed E-state index contributed by atoms with van der Waals surface area (Å²) >= 11 is 5.85. The van der Waals surface area contributed by atoms with Gasteiger partial charge in [0.05, 0.1) is 43.1 Å². The molecule has 9 amide bonds. The summed E-state index contributed by atoms with van der Waals surface area (Å²) in [6.07, 6.45) is -2.94. The van der Waals surface area contributed by atoms with Crippen LogP contribution in [0.1, 0.15) is 130 Å². The van der Waals surface area contributed by atoms with Gasteiger partial charge in [-0.3, -0.25) is 47.9 Å². The Bertz CT molecular complexity index is 2250. The number of carboxylic acid groups (broad SMARTS) is 2. The van der Waals surface area contributed by atoms with Gasteiger partial charge in [-0.15, -0.1) is 11.6 Å². The van der Waals surface area contributed by atoms with Crippen LogP contribution in [0.15, 0.2) is 11.8 Å². The van der Waals surface area contributed by atoms with Gasteiger partial charge in [0.25, 0.3) is 5.91 Å². The number of amides is 9. The van der Waals surface area contributed by atoms with E-state index in [1.165, 1.54) is 0 Å². The Morgan fingerprint density at radius 1 is 0.612 bits per heavy atom. The zero-order valence-electron chi connectivity index (χ0n) is 48.2. The van der Waals surface area contributed by atoms with E-state index in [2.05, 4.69) is 44.1 Å². The van der Waals surface area contributed by atoms with Crippen molar-refractivity contribution in [1.82, 2.24) is 47.9 Å². The number of ether oxygens (including phenoxy) is 1. The molecule has 1 heterocycles. The molecule has 33 heteroatoms. The highest BCUT2D eigenvalue weighted by molar-refractivity contribution is 6.18. The molecule has 2 unspecified atom stereocenters. The van der Waals surface area contributed by atoms with E-state index in [1.54, 1.807) is 0 Å². The Hall–Kier alpha value is -6.65. The number of carbonyl (C=O) groups excluding carboxylic acids is 10. The standard InChI is InChI=1S/C52H89ClN12O20/c1-4-6-7-8-9-10-11-12-13-17-34(67)35(68)24-37(70)57-33-26-85-52(84)40(36(69)25-53)64-50(81)41(42(73)51(82)83)65-43(74)28(5-2)58-49(80)39(27(3)66)63-46(77)31(19-22-56)60-44(75)29(16-14-15-20-54)59-47(78)32(23-38(71)72)62-45(76)30(18-21-55)61-48(33)79/h5,27,29-36,39-42,66-69,73H,4,6-26,54-56H2,1-3H3,(H,57,70)(H,58,80)(H,59,78)(H,60,75)(H,61,79)(H,62,76)(H,63,77)(H,64,81)(H,65,74)(H,71,72)(H,82,83)/b28-5-/t27-,29-,30+,31-,32-,33-,34?,35?,36+,39-,40-,41-,42-/m0/s1. The van der Waals surface area contributed by atoms with Crippen molar-refractivity contribution in [1.29, 1.82) is 0 Å². The number of aliphatic hydroxyl groups is 5. The lowest BCUT2D eigenvalue weighted by Crippen LogP contribution is -2.62. The molecule has 1 rings (SSSR count). The van der Waals surface area contributed by atoms with Gasteiger partial charge in [0.15, 0.2) is 12.1 Å². The van der Waals surface area contributed by atoms with Gasteiger partial charge in [-0.25, -0.2) is 9.59 Å². The lowest BCUT2D eigenvalue weighted by Gasteiger charge is -2.28. The van der Waals surface area contributed by atoms with Gasteiger partial charge in [-0.2, -0.15) is 0 Å². The SMILES string of the molecule is C/C=C1\NC(=O)[C@H]([C@H](C)O)NC(=O)[C@H](CCN)NC(=O)[C@H](CCCCN)NC(=O)[C@H](CC(=O)O)NC(=O)[C@@H](CCN)NC(=O)[C@@H](NC(=O)CC(O)C(O)CCCCCCCCCCC)COC(=O)[C@H]([C@H](O)CCl)NC(=O)[C@H]([C@H](O)C(=O)O)NC1=O. The number of halogens is 1. The molecule has 0 saturated carbocycles. The number of hydrogen-bond donors (Lipinski definition) is 19. The maximum Gasteiger partial charge on any atom is 0.335 e. The lowest BCUT2D eigenvalue weighted by molar-refractivity contribution is -0.155. The Morgan fingerprint density at radius 2 is 1.12 bits per heavy atom. The minimum atomic E-state index is -2.85. The lowest BCUT2D eigenvalue weighted by atomic mass is 10.0. The molecule has 484 valence electrons. The second-order valence-electron chi connectivity index (χ2n) is 20.3. The third kappa shape index (κ3) is 28.4. The van der Waals surface area contributed by atoms with Crippen molar-refractivity contribution >= 4 is 82.7 Å². The molecule has 0 aromatic carbocycles. The summed E-state index contributed by atoms with van der Waals surface area (Å²) in [5.41, 5.74) is 16.4. The second kappa shape index (κ2) is 41.4. The number of aliphatic hydroxyl groups excluding tert-OH is 5. The smallest absolute Gasteiger partial charge is 0.335 e. The first-order chi connectivity index (χ1) is 40.2. The molecule has 0 radical (unpaired) electrons. The van der Waals surface area contributed by atoms with E-state index in [9.17, 15) is 93.3 Å². The largest absolute Gasteiger partial charge is 0.481 e. The fourth-order valence-electron chi connectivity index (χ4n) is 8.40. The zero-order chi connectivity index (χ0) is 64.3. The predicted molar refractivity (Wildman–Crippen MR) is 301 cm³/mol. The quantitative estimate of drug-likeness (QED) is 0.0144. The number of carbonyl (C=O) groups is 12. The molecule has 0 aromatic rings. The Morgan fingerprint density at radius 3 is 1.62 bits per heavy atom. The van der Waals surface area contributed by atoms with E-state index in [0.29, 0.717) is 6.42 Å². The van der Waals surface area contributed by atoms with Crippen LogP contribution in [-0.4, -0.2) is 218 Å². The molecule has 0 bridgehead atoms. The van der Waals surface area contributed by atoms with Gasteiger partial charge in [0, 0.05) is 0 Å². The van der Waals surface area contributed by atoms with Crippen molar-refractivity contribution in [2.75, 3.05) is 32.1 Å². The minimum absolute atomic E-state index is 0.0835. The topological polar surface area (TPSA) is 542 Å². The second-order valence-corrected chi connectivity index (χ2v) is 20.7. The van der Waals surface area contributed by atoms with Crippen LogP contribution in [0.5, 0.6) is 0 Å². The summed E-state index contributed by atoms with van der Waals surface area (Å²) in [6, 6.07) is -16.1. The molecule has 1 aliphatic rings. The van der Waals surface area contributed by atoms with Gasteiger partial charge in [-0.05, 0) is 72.0 Å². The van der Waals surface area contributed by atoms with Crippen LogP contribution in [0, 0.1) is 0 Å². The number of alkyl halides is 1. The molecule has 32 nitrogen and oxygen atoms in total. The maximum atomic E-state index is 14.2. The number of allylic oxidation sites excluding steroid dienone is 1. The molecular formula is C52H89ClN12O20. The van der Waals surface area contributed by atoms with Crippen LogP contribution in [0.4, 0.5) is 0 Å². The highest BCUT2D eigenvalue weighted by Gasteiger charge is 2.41. The molecule has 0 spiro atoms. The number of rotatable bonds is 29. The summed E-state index contributed by atoms with van der Waals surface area (Å²) in [7, 11) is 0. The van der Waals surface area contributed by atoms with Crippen LogP contribution in [0.3, 0.4) is 0 Å². The summed E-state index contributed by atoms with van der Waals surface area (Å²) in [5, 5.41) is 92.7. The number of hydrogen-bond acceptors (Lipinski definition) is 21. The first kappa shape index (κ1) is 76.4. The van der Waals surface area contributed by atoms with Gasteiger partial charge >= 0.3 is 17.9 Å². The molecule has 1 aliphatic heterocycles. The summed E-state index contributed by atoms with van der Waals surface area (Å²) in [4.78, 5) is 163. The number of unbranched alkanes of at least 4 members (excludes halogenated alkanes) is 9. The van der Waals surface area contributed by atoms with Crippen LogP contribution in [0.25, 0.3) is 0 Å². The Labute approximate surface area is 497 Å². The van der Waals surface area contributed by atoms with Crippen molar-refractivity contribution in [3.05, 3.63) is 11.8 Å². The average Bonchev–Trinajstić information content (AvgIpc) is 3.67. The van der Waals surface area contributed by atoms with Crippen molar-refractivity contribution < 1.29 is 98.0 Å². The first-order valence-electron chi connectivity index (χ1n) is 28.3. The monoisotopic (exact) mass is 1240 g/mol. The number of cyclic esters (lactones) is 1. The van der Waals surface area contributed by atoms with Crippen molar-refractivity contribution in [3.8, 4) is 0 Å². The number of aliphatic carboxylic acids is 2. The number of esters is 1. The zero-order valence-corrected chi connectivity index (χ0v) is 48.9. The van der Waals surface area contributed by atoms with E-state index >= 15 is 0 Å². The van der Waals surface area contributed by atoms with Crippen molar-refractivity contribution in [2.45, 2.75) is 209 Å². The van der Waals surface area contributed by atoms with Crippen LogP contribution < -0.4 is 65.1 Å². The highest BCUT2D eigenvalue weighted by Crippen LogP contribution is 2.15. The molecule has 13 atom stereocenters. The Balaban J connectivity index is 4.01. The number of carboxylic acids is 2. The van der Waals surface area contributed by atoms with Gasteiger partial charge < -0.3 is 106 Å². The fraction of sp³-hybridized carbons (Fsp3) is 0.731.